The summed E-state index contributed by atoms with van der Waals surface area (Å²) in [4.78, 5) is 40.4. The number of methoxy groups -OCH3 is 1. The molecule has 4 rings (SSSR count). The third kappa shape index (κ3) is 4.51. The molecule has 1 aromatic carbocycles. The van der Waals surface area contributed by atoms with Crippen LogP contribution in [0.2, 0.25) is 5.02 Å². The van der Waals surface area contributed by atoms with Crippen molar-refractivity contribution in [2.45, 2.75) is 26.4 Å². The van der Waals surface area contributed by atoms with E-state index in [9.17, 15) is 18.8 Å². The number of carbonyl (C=O) groups excluding carboxylic acids is 2. The average molecular weight is 490 g/mol. The van der Waals surface area contributed by atoms with E-state index < -0.39 is 11.7 Å². The van der Waals surface area contributed by atoms with E-state index in [1.54, 1.807) is 6.92 Å². The van der Waals surface area contributed by atoms with E-state index in [0.717, 1.165) is 6.07 Å². The number of nitrogens with zero attached hydrogens (tertiary/aromatic N) is 4. The largest absolute Gasteiger partial charge is 0.496 e. The van der Waals surface area contributed by atoms with Gasteiger partial charge in [0, 0.05) is 43.4 Å². The van der Waals surface area contributed by atoms with E-state index in [1.807, 2.05) is 0 Å². The van der Waals surface area contributed by atoms with Crippen molar-refractivity contribution in [2.24, 2.45) is 0 Å². The van der Waals surface area contributed by atoms with E-state index in [0.29, 0.717) is 17.1 Å². The van der Waals surface area contributed by atoms with Gasteiger partial charge in [-0.15, -0.1) is 0 Å². The Morgan fingerprint density at radius 1 is 1.24 bits per heavy atom. The van der Waals surface area contributed by atoms with Crippen molar-refractivity contribution in [1.29, 1.82) is 0 Å². The predicted octanol–water partition coefficient (Wildman–Crippen LogP) is 1.97. The van der Waals surface area contributed by atoms with Crippen LogP contribution in [0, 0.1) is 12.7 Å². The van der Waals surface area contributed by atoms with E-state index >= 15 is 0 Å². The Hall–Kier alpha value is -3.73. The monoisotopic (exact) mass is 489 g/mol. The second-order valence-electron chi connectivity index (χ2n) is 7.67. The molecule has 0 bridgehead atoms. The summed E-state index contributed by atoms with van der Waals surface area (Å²) in [5, 5.41) is 10.0. The number of halogens is 2. The number of pyridine rings is 1. The average Bonchev–Trinajstić information content (AvgIpc) is 3.10. The Morgan fingerprint density at radius 2 is 2.03 bits per heavy atom. The maximum Gasteiger partial charge on any atom is 0.257 e. The highest BCUT2D eigenvalue weighted by molar-refractivity contribution is 6.31. The van der Waals surface area contributed by atoms with Crippen molar-refractivity contribution in [2.75, 3.05) is 20.2 Å². The Balaban J connectivity index is 1.61. The molecule has 2 amide bonds. The van der Waals surface area contributed by atoms with Gasteiger partial charge in [-0.25, -0.2) is 9.02 Å². The molecule has 0 saturated carbocycles. The summed E-state index contributed by atoms with van der Waals surface area (Å²) >= 11 is 5.82. The van der Waals surface area contributed by atoms with Crippen LogP contribution >= 0.6 is 11.6 Å². The lowest BCUT2D eigenvalue weighted by atomic mass is 10.1. The number of amides is 2. The fourth-order valence-electron chi connectivity index (χ4n) is 3.83. The van der Waals surface area contributed by atoms with Gasteiger partial charge in [-0.3, -0.25) is 14.4 Å². The van der Waals surface area contributed by atoms with Crippen LogP contribution in [0.5, 0.6) is 5.75 Å². The highest BCUT2D eigenvalue weighted by Gasteiger charge is 2.27. The van der Waals surface area contributed by atoms with Crippen molar-refractivity contribution in [3.8, 4) is 5.75 Å². The van der Waals surface area contributed by atoms with Crippen molar-refractivity contribution in [1.82, 2.24) is 25.1 Å². The molecule has 34 heavy (non-hydrogen) atoms. The Morgan fingerprint density at radius 3 is 2.71 bits per heavy atom. The van der Waals surface area contributed by atoms with E-state index in [-0.39, 0.29) is 66.0 Å². The van der Waals surface area contributed by atoms with Crippen LogP contribution in [0.25, 0.3) is 0 Å². The number of hydrogen-bond acceptors (Lipinski definition) is 7. The zero-order chi connectivity index (χ0) is 24.4. The zero-order valence-corrected chi connectivity index (χ0v) is 19.2. The van der Waals surface area contributed by atoms with Crippen LogP contribution in [0.3, 0.4) is 0 Å². The number of hydrogen-bond donors (Lipinski definition) is 1. The van der Waals surface area contributed by atoms with Crippen molar-refractivity contribution >= 4 is 23.4 Å². The van der Waals surface area contributed by atoms with Gasteiger partial charge in [-0.2, -0.15) is 0 Å². The molecule has 2 aromatic heterocycles. The highest BCUT2D eigenvalue weighted by Crippen LogP contribution is 2.24. The topological polar surface area (TPSA) is 120 Å². The number of nitrogens with one attached hydrogen (secondary N) is 1. The molecule has 3 heterocycles. The Kier molecular flexibility index (Phi) is 6.64. The van der Waals surface area contributed by atoms with Gasteiger partial charge in [0.25, 0.3) is 17.4 Å². The van der Waals surface area contributed by atoms with Crippen LogP contribution in [0.4, 0.5) is 4.39 Å². The van der Waals surface area contributed by atoms with E-state index in [4.69, 9.17) is 16.3 Å². The number of aryl methyl sites for hydroxylation is 1. The number of fused-ring (bicyclic) bond motifs is 1. The van der Waals surface area contributed by atoms with Crippen molar-refractivity contribution in [3.05, 3.63) is 73.7 Å². The quantitative estimate of drug-likeness (QED) is 0.581. The molecule has 0 aliphatic carbocycles. The van der Waals surface area contributed by atoms with Crippen LogP contribution in [0.15, 0.2) is 33.7 Å². The number of aromatic nitrogens is 3. The normalized spacial score (nSPS) is 13.2. The molecular weight excluding hydrogens is 469 g/mol. The summed E-state index contributed by atoms with van der Waals surface area (Å²) in [6.07, 6.45) is 0.223. The first-order chi connectivity index (χ1) is 16.3. The molecule has 1 N–H and O–H groups in total. The Bertz CT molecular complexity index is 1320. The minimum atomic E-state index is -0.618. The highest BCUT2D eigenvalue weighted by atomic mass is 35.5. The molecule has 3 aromatic rings. The molecule has 0 atom stereocenters. The van der Waals surface area contributed by atoms with Crippen LogP contribution < -0.4 is 15.6 Å². The molecular formula is C22H21ClFN5O5. The molecule has 0 unspecified atom stereocenters. The minimum absolute atomic E-state index is 0.0752. The molecule has 0 radical (unpaired) electrons. The molecule has 0 saturated heterocycles. The van der Waals surface area contributed by atoms with E-state index in [1.165, 1.54) is 34.8 Å². The maximum atomic E-state index is 13.5. The fourth-order valence-corrected chi connectivity index (χ4v) is 4.01. The summed E-state index contributed by atoms with van der Waals surface area (Å²) in [5.41, 5.74) is 1.56. The first-order valence-corrected chi connectivity index (χ1v) is 10.8. The first-order valence-electron chi connectivity index (χ1n) is 10.4. The summed E-state index contributed by atoms with van der Waals surface area (Å²) in [7, 11) is 1.37. The lowest BCUT2D eigenvalue weighted by Gasteiger charge is -2.20. The number of benzene rings is 1. The molecule has 0 fully saturated rings. The second kappa shape index (κ2) is 9.64. The molecule has 178 valence electrons. The second-order valence-corrected chi connectivity index (χ2v) is 8.08. The van der Waals surface area contributed by atoms with Gasteiger partial charge in [-0.05, 0) is 25.1 Å². The number of ether oxygens (including phenoxy) is 1. The predicted molar refractivity (Wildman–Crippen MR) is 118 cm³/mol. The summed E-state index contributed by atoms with van der Waals surface area (Å²) in [6, 6.07) is 5.01. The third-order valence-corrected chi connectivity index (χ3v) is 5.95. The Labute approximate surface area is 198 Å². The summed E-state index contributed by atoms with van der Waals surface area (Å²) in [5.74, 6) is -1.30. The fraction of sp³-hybridized carbons (Fsp3) is 0.318. The summed E-state index contributed by atoms with van der Waals surface area (Å²) < 4.78 is 24.9. The van der Waals surface area contributed by atoms with Gasteiger partial charge in [0.15, 0.2) is 0 Å². The lowest BCUT2D eigenvalue weighted by Crippen LogP contribution is -2.34. The molecule has 10 nitrogen and oxygen atoms in total. The number of carbonyl (C=O) groups is 2. The van der Waals surface area contributed by atoms with Gasteiger partial charge < -0.3 is 19.5 Å². The number of rotatable bonds is 5. The maximum absolute atomic E-state index is 13.5. The summed E-state index contributed by atoms with van der Waals surface area (Å²) in [6.45, 7) is 2.40. The van der Waals surface area contributed by atoms with Gasteiger partial charge in [0.2, 0.25) is 0 Å². The van der Waals surface area contributed by atoms with Crippen molar-refractivity contribution in [3.63, 3.8) is 0 Å². The van der Waals surface area contributed by atoms with Gasteiger partial charge in [0.05, 0.1) is 18.7 Å². The standard InChI is InChI=1S/C22H21ClFN5O5/c1-12-16(27-34-26-12)11-25-21(31)20-17-5-6-28(7-8-29(17)19(30)10-18(20)33-2)22(32)13-3-4-15(24)14(23)9-13/h3-4,9-10H,5-8,11H2,1-2H3,(H,25,31). The minimum Gasteiger partial charge on any atom is -0.496 e. The SMILES string of the molecule is COc1cc(=O)n2c(c1C(=O)NCc1nonc1C)CCN(C(=O)c1ccc(F)c(Cl)c1)CC2. The lowest BCUT2D eigenvalue weighted by molar-refractivity contribution is 0.0759. The zero-order valence-electron chi connectivity index (χ0n) is 18.4. The van der Waals surface area contributed by atoms with Gasteiger partial charge in [0.1, 0.15) is 28.5 Å². The van der Waals surface area contributed by atoms with Crippen molar-refractivity contribution < 1.29 is 23.3 Å². The van der Waals surface area contributed by atoms with Crippen LogP contribution in [-0.2, 0) is 19.5 Å². The van der Waals surface area contributed by atoms with Gasteiger partial charge >= 0.3 is 0 Å². The van der Waals surface area contributed by atoms with Crippen LogP contribution in [-0.4, -0.2) is 51.8 Å². The molecule has 1 aliphatic rings. The third-order valence-electron chi connectivity index (χ3n) is 5.66. The van der Waals surface area contributed by atoms with Gasteiger partial charge in [-0.1, -0.05) is 21.9 Å². The first kappa shape index (κ1) is 23.4. The van der Waals surface area contributed by atoms with Crippen LogP contribution in [0.1, 0.15) is 37.8 Å². The molecule has 1 aliphatic heterocycles. The molecule has 0 spiro atoms. The van der Waals surface area contributed by atoms with E-state index in [2.05, 4.69) is 20.3 Å². The smallest absolute Gasteiger partial charge is 0.257 e. The molecule has 12 heteroatoms.